The molecule has 0 aliphatic heterocycles. The van der Waals surface area contributed by atoms with Crippen LogP contribution >= 0.6 is 15.9 Å². The Morgan fingerprint density at radius 3 is 2.61 bits per heavy atom. The van der Waals surface area contributed by atoms with E-state index in [1.807, 2.05) is 13.0 Å². The molecule has 0 aliphatic carbocycles. The summed E-state index contributed by atoms with van der Waals surface area (Å²) in [6.07, 6.45) is 0. The van der Waals surface area contributed by atoms with Crippen LogP contribution in [0.3, 0.4) is 0 Å². The molecule has 1 amide bonds. The molecule has 0 spiro atoms. The first-order valence-corrected chi connectivity index (χ1v) is 6.42. The van der Waals surface area contributed by atoms with E-state index in [0.717, 1.165) is 10.0 Å². The van der Waals surface area contributed by atoms with E-state index < -0.39 is 5.97 Å². The number of aryl methyl sites for hydroxylation is 1. The maximum atomic E-state index is 12.0. The second kappa shape index (κ2) is 6.54. The average molecular weight is 314 g/mol. The van der Waals surface area contributed by atoms with Gasteiger partial charge in [0.1, 0.15) is 6.54 Å². The number of nitrogens with zero attached hydrogens (tertiary/aromatic N) is 1. The van der Waals surface area contributed by atoms with Crippen LogP contribution in [0.15, 0.2) is 22.7 Å². The van der Waals surface area contributed by atoms with Gasteiger partial charge in [-0.25, -0.2) is 0 Å². The summed E-state index contributed by atoms with van der Waals surface area (Å²) >= 11 is 3.38. The summed E-state index contributed by atoms with van der Waals surface area (Å²) in [5.41, 5.74) is 1.60. The topological polar surface area (TPSA) is 46.6 Å². The van der Waals surface area contributed by atoms with Crippen molar-refractivity contribution in [3.63, 3.8) is 0 Å². The zero-order valence-corrected chi connectivity index (χ0v) is 12.3. The maximum Gasteiger partial charge on any atom is 0.325 e. The molecule has 0 heterocycles. The number of carbonyl (C=O) groups is 2. The molecule has 98 valence electrons. The first-order valence-electron chi connectivity index (χ1n) is 5.63. The van der Waals surface area contributed by atoms with Crippen LogP contribution in [-0.4, -0.2) is 37.0 Å². The molecule has 0 aromatic heterocycles. The second-order valence-electron chi connectivity index (χ2n) is 3.93. The number of hydrogen-bond acceptors (Lipinski definition) is 3. The standard InChI is InChI=1S/C13H16BrNO3/c1-4-18-12(16)8-15(3)13(17)10-6-5-9(2)11(14)7-10/h5-7H,4,8H2,1-3H3. The van der Waals surface area contributed by atoms with Gasteiger partial charge in [-0.2, -0.15) is 0 Å². The van der Waals surface area contributed by atoms with Crippen molar-refractivity contribution in [1.82, 2.24) is 4.90 Å². The van der Waals surface area contributed by atoms with Gasteiger partial charge in [0.05, 0.1) is 6.61 Å². The molecule has 4 nitrogen and oxygen atoms in total. The lowest BCUT2D eigenvalue weighted by Crippen LogP contribution is -2.33. The Morgan fingerprint density at radius 1 is 1.39 bits per heavy atom. The molecule has 5 heteroatoms. The fourth-order valence-corrected chi connectivity index (χ4v) is 1.80. The van der Waals surface area contributed by atoms with Crippen molar-refractivity contribution in [2.75, 3.05) is 20.2 Å². The molecular weight excluding hydrogens is 298 g/mol. The summed E-state index contributed by atoms with van der Waals surface area (Å²) in [4.78, 5) is 24.7. The number of likely N-dealkylation sites (N-methyl/N-ethyl adjacent to an activating group) is 1. The predicted molar refractivity (Wildman–Crippen MR) is 72.5 cm³/mol. The molecule has 1 rings (SSSR count). The second-order valence-corrected chi connectivity index (χ2v) is 4.78. The predicted octanol–water partition coefficient (Wildman–Crippen LogP) is 2.39. The third kappa shape index (κ3) is 3.84. The molecule has 0 aliphatic rings. The third-order valence-corrected chi connectivity index (χ3v) is 3.29. The molecule has 0 radical (unpaired) electrons. The Morgan fingerprint density at radius 2 is 2.06 bits per heavy atom. The molecular formula is C13H16BrNO3. The number of halogens is 1. The highest BCUT2D eigenvalue weighted by molar-refractivity contribution is 9.10. The highest BCUT2D eigenvalue weighted by atomic mass is 79.9. The van der Waals surface area contributed by atoms with Crippen molar-refractivity contribution in [3.8, 4) is 0 Å². The van der Waals surface area contributed by atoms with E-state index in [-0.39, 0.29) is 12.5 Å². The number of benzene rings is 1. The molecule has 0 fully saturated rings. The zero-order valence-electron chi connectivity index (χ0n) is 10.7. The summed E-state index contributed by atoms with van der Waals surface area (Å²) in [6, 6.07) is 5.35. The summed E-state index contributed by atoms with van der Waals surface area (Å²) in [5, 5.41) is 0. The Hall–Kier alpha value is -1.36. The van der Waals surface area contributed by atoms with E-state index in [9.17, 15) is 9.59 Å². The van der Waals surface area contributed by atoms with Crippen molar-refractivity contribution >= 4 is 27.8 Å². The van der Waals surface area contributed by atoms with Crippen LogP contribution in [0.1, 0.15) is 22.8 Å². The van der Waals surface area contributed by atoms with Gasteiger partial charge in [0.15, 0.2) is 0 Å². The van der Waals surface area contributed by atoms with Gasteiger partial charge in [-0.15, -0.1) is 0 Å². The Balaban J connectivity index is 2.74. The lowest BCUT2D eigenvalue weighted by molar-refractivity contribution is -0.143. The van der Waals surface area contributed by atoms with Gasteiger partial charge in [-0.3, -0.25) is 9.59 Å². The van der Waals surface area contributed by atoms with Gasteiger partial charge >= 0.3 is 5.97 Å². The summed E-state index contributed by atoms with van der Waals surface area (Å²) in [5.74, 6) is -0.608. The minimum Gasteiger partial charge on any atom is -0.465 e. The first-order chi connectivity index (χ1) is 8.45. The highest BCUT2D eigenvalue weighted by Gasteiger charge is 2.15. The van der Waals surface area contributed by atoms with E-state index in [1.54, 1.807) is 26.1 Å². The number of esters is 1. The fourth-order valence-electron chi connectivity index (χ4n) is 1.42. The van der Waals surface area contributed by atoms with Gasteiger partial charge < -0.3 is 9.64 Å². The molecule has 0 saturated carbocycles. The Kier molecular flexibility index (Phi) is 5.34. The van der Waals surface area contributed by atoms with Crippen LogP contribution in [0.25, 0.3) is 0 Å². The number of rotatable bonds is 4. The van der Waals surface area contributed by atoms with Crippen LogP contribution in [0.5, 0.6) is 0 Å². The van der Waals surface area contributed by atoms with Crippen molar-refractivity contribution < 1.29 is 14.3 Å². The zero-order chi connectivity index (χ0) is 13.7. The van der Waals surface area contributed by atoms with E-state index in [0.29, 0.717) is 12.2 Å². The van der Waals surface area contributed by atoms with E-state index >= 15 is 0 Å². The van der Waals surface area contributed by atoms with E-state index in [1.165, 1.54) is 4.90 Å². The SMILES string of the molecule is CCOC(=O)CN(C)C(=O)c1ccc(C)c(Br)c1. The number of hydrogen-bond donors (Lipinski definition) is 0. The molecule has 0 bridgehead atoms. The van der Waals surface area contributed by atoms with Crippen LogP contribution in [0, 0.1) is 6.92 Å². The maximum absolute atomic E-state index is 12.0. The minimum absolute atomic E-state index is 0.0435. The van der Waals surface area contributed by atoms with Gasteiger partial charge in [0, 0.05) is 17.1 Å². The largest absolute Gasteiger partial charge is 0.465 e. The van der Waals surface area contributed by atoms with Gasteiger partial charge in [0.2, 0.25) is 0 Å². The molecule has 1 aromatic carbocycles. The summed E-state index contributed by atoms with van der Waals surface area (Å²) in [6.45, 7) is 3.95. The molecule has 0 N–H and O–H groups in total. The smallest absolute Gasteiger partial charge is 0.325 e. The monoisotopic (exact) mass is 313 g/mol. The third-order valence-electron chi connectivity index (χ3n) is 2.44. The molecule has 18 heavy (non-hydrogen) atoms. The van der Waals surface area contributed by atoms with Gasteiger partial charge in [0.25, 0.3) is 5.91 Å². The van der Waals surface area contributed by atoms with Gasteiger partial charge in [-0.1, -0.05) is 22.0 Å². The summed E-state index contributed by atoms with van der Waals surface area (Å²) in [7, 11) is 1.58. The molecule has 0 atom stereocenters. The molecule has 0 unspecified atom stereocenters. The van der Waals surface area contributed by atoms with E-state index in [4.69, 9.17) is 4.74 Å². The first kappa shape index (κ1) is 14.7. The number of ether oxygens (including phenoxy) is 1. The lowest BCUT2D eigenvalue weighted by atomic mass is 10.1. The van der Waals surface area contributed by atoms with Crippen molar-refractivity contribution in [3.05, 3.63) is 33.8 Å². The quantitative estimate of drug-likeness (QED) is 0.802. The van der Waals surface area contributed by atoms with Crippen LogP contribution in [-0.2, 0) is 9.53 Å². The van der Waals surface area contributed by atoms with Crippen molar-refractivity contribution in [2.45, 2.75) is 13.8 Å². The van der Waals surface area contributed by atoms with E-state index in [2.05, 4.69) is 15.9 Å². The molecule has 1 aromatic rings. The van der Waals surface area contributed by atoms with Crippen LogP contribution < -0.4 is 0 Å². The summed E-state index contributed by atoms with van der Waals surface area (Å²) < 4.78 is 5.67. The Labute approximate surface area is 115 Å². The minimum atomic E-state index is -0.403. The number of carbonyl (C=O) groups excluding carboxylic acids is 2. The highest BCUT2D eigenvalue weighted by Crippen LogP contribution is 2.18. The Bertz CT molecular complexity index is 460. The molecule has 0 saturated heterocycles. The lowest BCUT2D eigenvalue weighted by Gasteiger charge is -2.16. The normalized spacial score (nSPS) is 10.0. The van der Waals surface area contributed by atoms with Crippen molar-refractivity contribution in [1.29, 1.82) is 0 Å². The van der Waals surface area contributed by atoms with Gasteiger partial charge in [-0.05, 0) is 31.5 Å². The van der Waals surface area contributed by atoms with Crippen LogP contribution in [0.4, 0.5) is 0 Å². The average Bonchev–Trinajstić information content (AvgIpc) is 2.32. The van der Waals surface area contributed by atoms with Crippen molar-refractivity contribution in [2.24, 2.45) is 0 Å². The number of amides is 1. The fraction of sp³-hybridized carbons (Fsp3) is 0.385. The van der Waals surface area contributed by atoms with Crippen LogP contribution in [0.2, 0.25) is 0 Å².